The molecule has 0 bridgehead atoms. The Morgan fingerprint density at radius 2 is 1.81 bits per heavy atom. The van der Waals surface area contributed by atoms with Gasteiger partial charge in [-0.3, -0.25) is 9.59 Å². The highest BCUT2D eigenvalue weighted by atomic mass is 35.5. The molecule has 0 aromatic heterocycles. The molecule has 7 nitrogen and oxygen atoms in total. The molecule has 1 fully saturated rings. The summed E-state index contributed by atoms with van der Waals surface area (Å²) in [6.07, 6.45) is 3.64. The average molecular weight is 511 g/mol. The normalized spacial score (nSPS) is 24.9. The van der Waals surface area contributed by atoms with Gasteiger partial charge < -0.3 is 25.2 Å². The van der Waals surface area contributed by atoms with E-state index in [1.54, 1.807) is 23.1 Å². The highest BCUT2D eigenvalue weighted by Crippen LogP contribution is 2.47. The average Bonchev–Trinajstić information content (AvgIpc) is 3.56. The molecule has 8 heteroatoms. The van der Waals surface area contributed by atoms with Crippen molar-refractivity contribution in [1.29, 1.82) is 0 Å². The van der Waals surface area contributed by atoms with Gasteiger partial charge in [-0.2, -0.15) is 0 Å². The van der Waals surface area contributed by atoms with Crippen molar-refractivity contribution in [2.24, 2.45) is 5.92 Å². The van der Waals surface area contributed by atoms with E-state index in [-0.39, 0.29) is 37.4 Å². The van der Waals surface area contributed by atoms with Crippen molar-refractivity contribution in [2.45, 2.75) is 56.4 Å². The van der Waals surface area contributed by atoms with E-state index in [2.05, 4.69) is 5.32 Å². The maximum absolute atomic E-state index is 13.8. The number of carbonyl (C=O) groups excluding carboxylic acids is 2. The summed E-state index contributed by atoms with van der Waals surface area (Å²) >= 11 is 6.08. The molecular weight excluding hydrogens is 480 g/mol. The molecule has 2 aliphatic carbocycles. The number of rotatable bonds is 7. The Morgan fingerprint density at radius 3 is 2.53 bits per heavy atom. The molecule has 0 radical (unpaired) electrons. The third-order valence-corrected chi connectivity index (χ3v) is 7.74. The highest BCUT2D eigenvalue weighted by molar-refractivity contribution is 6.30. The first-order chi connectivity index (χ1) is 17.5. The number of benzene rings is 2. The number of nitrogens with one attached hydrogen (secondary N) is 1. The number of aliphatic hydroxyl groups excluding tert-OH is 2. The van der Waals surface area contributed by atoms with Gasteiger partial charge in [-0.05, 0) is 42.7 Å². The largest absolute Gasteiger partial charge is 0.486 e. The summed E-state index contributed by atoms with van der Waals surface area (Å²) in [4.78, 5) is 28.8. The van der Waals surface area contributed by atoms with Crippen molar-refractivity contribution in [3.05, 3.63) is 76.3 Å². The fraction of sp³-hybridized carbons (Fsp3) is 0.429. The van der Waals surface area contributed by atoms with Gasteiger partial charge in [-0.1, -0.05) is 54.8 Å². The summed E-state index contributed by atoms with van der Waals surface area (Å²) in [6.45, 7) is 0.203. The van der Waals surface area contributed by atoms with Crippen molar-refractivity contribution >= 4 is 23.4 Å². The van der Waals surface area contributed by atoms with Crippen molar-refractivity contribution < 1.29 is 24.5 Å². The van der Waals surface area contributed by atoms with Crippen LogP contribution in [0.5, 0.6) is 5.75 Å². The lowest BCUT2D eigenvalue weighted by atomic mass is 9.77. The quantitative estimate of drug-likeness (QED) is 0.531. The van der Waals surface area contributed by atoms with E-state index in [4.69, 9.17) is 16.3 Å². The fourth-order valence-corrected chi connectivity index (χ4v) is 5.84. The zero-order valence-electron chi connectivity index (χ0n) is 20.0. The van der Waals surface area contributed by atoms with Crippen LogP contribution in [0.2, 0.25) is 5.02 Å². The molecule has 1 saturated carbocycles. The molecule has 4 atom stereocenters. The van der Waals surface area contributed by atoms with Crippen LogP contribution in [0.15, 0.2) is 60.2 Å². The van der Waals surface area contributed by atoms with Gasteiger partial charge in [0, 0.05) is 35.2 Å². The molecule has 3 aliphatic rings. The van der Waals surface area contributed by atoms with Crippen LogP contribution < -0.4 is 10.1 Å². The third kappa shape index (κ3) is 4.75. The first-order valence-electron chi connectivity index (χ1n) is 12.6. The van der Waals surface area contributed by atoms with E-state index in [0.717, 1.165) is 36.8 Å². The van der Waals surface area contributed by atoms with Crippen LogP contribution in [-0.2, 0) is 16.1 Å². The topological polar surface area (TPSA) is 99.1 Å². The first kappa shape index (κ1) is 24.8. The SMILES string of the molecule is O=C(NCCO)C1=C[C@@H](N(Cc2ccc(Cl)cc2)C(=O)C2CCCC2)[C@H](O)[C@H]2Oc3ccccc3[C@@H]12. The van der Waals surface area contributed by atoms with Crippen molar-refractivity contribution in [2.75, 3.05) is 13.2 Å². The molecule has 5 rings (SSSR count). The molecule has 1 heterocycles. The van der Waals surface area contributed by atoms with Crippen LogP contribution in [0.3, 0.4) is 0 Å². The molecule has 2 aromatic carbocycles. The molecular formula is C28H31ClN2O5. The second-order valence-corrected chi connectivity index (χ2v) is 10.2. The second-order valence-electron chi connectivity index (χ2n) is 9.75. The van der Waals surface area contributed by atoms with Crippen LogP contribution in [-0.4, -0.2) is 58.3 Å². The number of carbonyl (C=O) groups is 2. The highest BCUT2D eigenvalue weighted by Gasteiger charge is 2.50. The molecule has 2 amide bonds. The van der Waals surface area contributed by atoms with E-state index < -0.39 is 24.2 Å². The van der Waals surface area contributed by atoms with Gasteiger partial charge in [0.05, 0.1) is 18.6 Å². The Kier molecular flexibility index (Phi) is 7.32. The molecule has 36 heavy (non-hydrogen) atoms. The Morgan fingerprint density at radius 1 is 1.08 bits per heavy atom. The number of ether oxygens (including phenoxy) is 1. The first-order valence-corrected chi connectivity index (χ1v) is 12.9. The van der Waals surface area contributed by atoms with Crippen LogP contribution in [0.1, 0.15) is 42.7 Å². The molecule has 0 unspecified atom stereocenters. The number of aliphatic hydroxyl groups is 2. The molecule has 0 spiro atoms. The Balaban J connectivity index is 1.55. The zero-order valence-corrected chi connectivity index (χ0v) is 20.7. The molecule has 2 aromatic rings. The smallest absolute Gasteiger partial charge is 0.247 e. The van der Waals surface area contributed by atoms with Crippen molar-refractivity contribution in [3.63, 3.8) is 0 Å². The van der Waals surface area contributed by atoms with Gasteiger partial charge in [-0.15, -0.1) is 0 Å². The van der Waals surface area contributed by atoms with Gasteiger partial charge in [0.2, 0.25) is 11.8 Å². The zero-order chi connectivity index (χ0) is 25.2. The van der Waals surface area contributed by atoms with Gasteiger partial charge in [0.15, 0.2) is 0 Å². The summed E-state index contributed by atoms with van der Waals surface area (Å²) in [6, 6.07) is 14.0. The Labute approximate surface area is 215 Å². The lowest BCUT2D eigenvalue weighted by Gasteiger charge is -2.41. The lowest BCUT2D eigenvalue weighted by Crippen LogP contribution is -2.56. The number of halogens is 1. The summed E-state index contributed by atoms with van der Waals surface area (Å²) in [5.74, 6) is -0.309. The number of hydrogen-bond donors (Lipinski definition) is 3. The van der Waals surface area contributed by atoms with Crippen molar-refractivity contribution in [1.82, 2.24) is 10.2 Å². The minimum atomic E-state index is -1.03. The second kappa shape index (κ2) is 10.6. The fourth-order valence-electron chi connectivity index (χ4n) is 5.72. The summed E-state index contributed by atoms with van der Waals surface area (Å²) < 4.78 is 6.18. The summed E-state index contributed by atoms with van der Waals surface area (Å²) in [5, 5.41) is 24.2. The van der Waals surface area contributed by atoms with Gasteiger partial charge in [0.25, 0.3) is 0 Å². The monoisotopic (exact) mass is 510 g/mol. The van der Waals surface area contributed by atoms with Crippen molar-refractivity contribution in [3.8, 4) is 5.75 Å². The number of fused-ring (bicyclic) bond motifs is 3. The van der Waals surface area contributed by atoms with Crippen LogP contribution in [0.25, 0.3) is 0 Å². The Hall–Kier alpha value is -2.87. The predicted octanol–water partition coefficient (Wildman–Crippen LogP) is 3.18. The minimum absolute atomic E-state index is 0.0215. The summed E-state index contributed by atoms with van der Waals surface area (Å²) in [7, 11) is 0. The van der Waals surface area contributed by atoms with E-state index in [9.17, 15) is 19.8 Å². The van der Waals surface area contributed by atoms with Gasteiger partial charge in [-0.25, -0.2) is 0 Å². The van der Waals surface area contributed by atoms with Gasteiger partial charge >= 0.3 is 0 Å². The maximum Gasteiger partial charge on any atom is 0.247 e. The molecule has 0 saturated heterocycles. The number of hydrogen-bond acceptors (Lipinski definition) is 5. The molecule has 190 valence electrons. The van der Waals surface area contributed by atoms with E-state index >= 15 is 0 Å². The van der Waals surface area contributed by atoms with Crippen LogP contribution in [0, 0.1) is 5.92 Å². The van der Waals surface area contributed by atoms with E-state index in [1.807, 2.05) is 36.4 Å². The standard InChI is InChI=1S/C28H31ClN2O5/c29-19-11-9-17(10-12-19)16-31(28(35)18-5-1-2-6-18)22-15-21(27(34)30-13-14-32)24-20-7-3-4-8-23(20)36-26(24)25(22)33/h3-4,7-12,15,18,22,24-26,32-33H,1-2,5-6,13-14,16H2,(H,30,34)/t22-,24+,25+,26+/m1/s1. The third-order valence-electron chi connectivity index (χ3n) is 7.49. The maximum atomic E-state index is 13.8. The van der Waals surface area contributed by atoms with Gasteiger partial charge in [0.1, 0.15) is 18.0 Å². The number of nitrogens with zero attached hydrogens (tertiary/aromatic N) is 1. The number of para-hydroxylation sites is 1. The molecule has 1 aliphatic heterocycles. The van der Waals surface area contributed by atoms with Crippen LogP contribution >= 0.6 is 11.6 Å². The lowest BCUT2D eigenvalue weighted by molar-refractivity contribution is -0.142. The van der Waals surface area contributed by atoms with E-state index in [1.165, 1.54) is 0 Å². The minimum Gasteiger partial charge on any atom is -0.486 e. The van der Waals surface area contributed by atoms with Crippen LogP contribution in [0.4, 0.5) is 0 Å². The predicted molar refractivity (Wildman–Crippen MR) is 136 cm³/mol. The van der Waals surface area contributed by atoms with E-state index in [0.29, 0.717) is 16.3 Å². The Bertz CT molecular complexity index is 1140. The summed E-state index contributed by atoms with van der Waals surface area (Å²) in [5.41, 5.74) is 2.15. The number of amides is 2. The molecule has 3 N–H and O–H groups in total.